The summed E-state index contributed by atoms with van der Waals surface area (Å²) in [5.74, 6) is -2.00. The van der Waals surface area contributed by atoms with Gasteiger partial charge < -0.3 is 10.4 Å². The third kappa shape index (κ3) is 3.15. The van der Waals surface area contributed by atoms with Crippen LogP contribution in [-0.2, 0) is 4.79 Å². The van der Waals surface area contributed by atoms with Gasteiger partial charge >= 0.3 is 5.97 Å². The third-order valence-electron chi connectivity index (χ3n) is 3.94. The van der Waals surface area contributed by atoms with E-state index in [0.29, 0.717) is 18.5 Å². The Morgan fingerprint density at radius 3 is 2.80 bits per heavy atom. The Morgan fingerprint density at radius 1 is 1.40 bits per heavy atom. The van der Waals surface area contributed by atoms with Crippen LogP contribution in [0.15, 0.2) is 18.2 Å². The number of halogens is 1. The Balaban J connectivity index is 1.95. The number of carbonyl (C=O) groups is 2. The van der Waals surface area contributed by atoms with E-state index >= 15 is 0 Å². The van der Waals surface area contributed by atoms with Gasteiger partial charge in [-0.2, -0.15) is 0 Å². The van der Waals surface area contributed by atoms with Crippen molar-refractivity contribution in [1.82, 2.24) is 5.32 Å². The van der Waals surface area contributed by atoms with Gasteiger partial charge in [-0.05, 0) is 43.4 Å². The van der Waals surface area contributed by atoms with Gasteiger partial charge in [-0.3, -0.25) is 9.59 Å². The second kappa shape index (κ2) is 6.03. The highest BCUT2D eigenvalue weighted by Crippen LogP contribution is 2.31. The van der Waals surface area contributed by atoms with Crippen LogP contribution >= 0.6 is 0 Å². The van der Waals surface area contributed by atoms with Crippen molar-refractivity contribution in [3.05, 3.63) is 35.1 Å². The average molecular weight is 279 g/mol. The van der Waals surface area contributed by atoms with Crippen molar-refractivity contribution in [3.63, 3.8) is 0 Å². The third-order valence-corrected chi connectivity index (χ3v) is 3.94. The number of rotatable bonds is 4. The van der Waals surface area contributed by atoms with Crippen molar-refractivity contribution in [2.45, 2.75) is 26.2 Å². The van der Waals surface area contributed by atoms with Crippen LogP contribution in [0, 0.1) is 24.6 Å². The number of nitrogens with one attached hydrogen (secondary N) is 1. The number of carbonyl (C=O) groups excluding carboxylic acids is 1. The highest BCUT2D eigenvalue weighted by molar-refractivity contribution is 5.94. The Bertz CT molecular complexity index is 530. The summed E-state index contributed by atoms with van der Waals surface area (Å²) < 4.78 is 13.4. The second-order valence-corrected chi connectivity index (χ2v) is 5.31. The van der Waals surface area contributed by atoms with E-state index in [1.165, 1.54) is 6.07 Å². The van der Waals surface area contributed by atoms with Gasteiger partial charge in [-0.15, -0.1) is 0 Å². The normalized spacial score (nSPS) is 21.7. The lowest BCUT2D eigenvalue weighted by atomic mass is 9.96. The van der Waals surface area contributed by atoms with Gasteiger partial charge in [0.05, 0.1) is 5.92 Å². The van der Waals surface area contributed by atoms with Crippen LogP contribution in [0.5, 0.6) is 0 Å². The van der Waals surface area contributed by atoms with E-state index < -0.39 is 11.8 Å². The van der Waals surface area contributed by atoms with E-state index in [1.807, 2.05) is 0 Å². The average Bonchev–Trinajstić information content (AvgIpc) is 2.87. The van der Waals surface area contributed by atoms with Crippen LogP contribution in [0.25, 0.3) is 0 Å². The monoisotopic (exact) mass is 279 g/mol. The summed E-state index contributed by atoms with van der Waals surface area (Å²) in [5, 5.41) is 11.8. The van der Waals surface area contributed by atoms with Gasteiger partial charge in [-0.25, -0.2) is 4.39 Å². The first kappa shape index (κ1) is 14.5. The van der Waals surface area contributed by atoms with E-state index in [-0.39, 0.29) is 23.3 Å². The molecule has 108 valence electrons. The van der Waals surface area contributed by atoms with E-state index in [2.05, 4.69) is 5.32 Å². The smallest absolute Gasteiger partial charge is 0.306 e. The molecule has 1 aliphatic rings. The maximum atomic E-state index is 13.4. The van der Waals surface area contributed by atoms with Gasteiger partial charge in [0.2, 0.25) is 0 Å². The standard InChI is InChI=1S/C15H18FNO3/c1-9-5-6-10(7-13(9)16)14(18)17-8-11-3-2-4-12(11)15(19)20/h5-7,11-12H,2-4,8H2,1H3,(H,17,18)(H,19,20). The molecule has 1 aromatic carbocycles. The van der Waals surface area contributed by atoms with Crippen molar-refractivity contribution in [2.24, 2.45) is 11.8 Å². The number of amides is 1. The zero-order valence-corrected chi connectivity index (χ0v) is 11.4. The molecule has 4 nitrogen and oxygen atoms in total. The summed E-state index contributed by atoms with van der Waals surface area (Å²) in [4.78, 5) is 23.0. The maximum Gasteiger partial charge on any atom is 0.306 e. The topological polar surface area (TPSA) is 66.4 Å². The Labute approximate surface area is 117 Å². The molecule has 20 heavy (non-hydrogen) atoms. The van der Waals surface area contributed by atoms with Gasteiger partial charge in [0.15, 0.2) is 0 Å². The van der Waals surface area contributed by atoms with Crippen molar-refractivity contribution in [3.8, 4) is 0 Å². The predicted octanol–water partition coefficient (Wildman–Crippen LogP) is 2.36. The van der Waals surface area contributed by atoms with Crippen LogP contribution in [0.1, 0.15) is 35.2 Å². The number of aryl methyl sites for hydroxylation is 1. The minimum Gasteiger partial charge on any atom is -0.481 e. The fraction of sp³-hybridized carbons (Fsp3) is 0.467. The summed E-state index contributed by atoms with van der Waals surface area (Å²) in [6, 6.07) is 4.32. The minimum atomic E-state index is -0.803. The molecule has 1 amide bonds. The molecule has 0 saturated heterocycles. The summed E-state index contributed by atoms with van der Waals surface area (Å²) in [6.45, 7) is 1.96. The second-order valence-electron chi connectivity index (χ2n) is 5.31. The van der Waals surface area contributed by atoms with Crippen LogP contribution in [0.2, 0.25) is 0 Å². The minimum absolute atomic E-state index is 0.0354. The van der Waals surface area contributed by atoms with Crippen LogP contribution in [-0.4, -0.2) is 23.5 Å². The fourth-order valence-corrected chi connectivity index (χ4v) is 2.67. The molecule has 2 N–H and O–H groups in total. The predicted molar refractivity (Wildman–Crippen MR) is 71.9 cm³/mol. The molecule has 0 aromatic heterocycles. The summed E-state index contributed by atoms with van der Waals surface area (Å²) in [7, 11) is 0. The molecule has 0 radical (unpaired) electrons. The zero-order chi connectivity index (χ0) is 14.7. The first-order valence-corrected chi connectivity index (χ1v) is 6.76. The molecule has 0 heterocycles. The lowest BCUT2D eigenvalue weighted by molar-refractivity contribution is -0.142. The molecule has 1 fully saturated rings. The lowest BCUT2D eigenvalue weighted by Gasteiger charge is -2.16. The number of aliphatic carboxylic acids is 1. The first-order chi connectivity index (χ1) is 9.49. The highest BCUT2D eigenvalue weighted by Gasteiger charge is 2.32. The van der Waals surface area contributed by atoms with Crippen molar-refractivity contribution >= 4 is 11.9 Å². The van der Waals surface area contributed by atoms with Gasteiger partial charge in [-0.1, -0.05) is 12.5 Å². The Kier molecular flexibility index (Phi) is 4.37. The van der Waals surface area contributed by atoms with Crippen LogP contribution in [0.3, 0.4) is 0 Å². The molecule has 2 unspecified atom stereocenters. The summed E-state index contributed by atoms with van der Waals surface area (Å²) in [5.41, 5.74) is 0.751. The molecule has 2 rings (SSSR count). The van der Waals surface area contributed by atoms with Crippen molar-refractivity contribution in [2.75, 3.05) is 6.54 Å². The quantitative estimate of drug-likeness (QED) is 0.889. The molecule has 0 bridgehead atoms. The van der Waals surface area contributed by atoms with E-state index in [4.69, 9.17) is 5.11 Å². The SMILES string of the molecule is Cc1ccc(C(=O)NCC2CCCC2C(=O)O)cc1F. The highest BCUT2D eigenvalue weighted by atomic mass is 19.1. The zero-order valence-electron chi connectivity index (χ0n) is 11.4. The van der Waals surface area contributed by atoms with Gasteiger partial charge in [0.1, 0.15) is 5.82 Å². The van der Waals surface area contributed by atoms with Crippen molar-refractivity contribution in [1.29, 1.82) is 0 Å². The molecule has 0 aliphatic heterocycles. The maximum absolute atomic E-state index is 13.4. The van der Waals surface area contributed by atoms with E-state index in [1.54, 1.807) is 19.1 Å². The Hall–Kier alpha value is -1.91. The molecule has 5 heteroatoms. The molecular formula is C15H18FNO3. The van der Waals surface area contributed by atoms with Gasteiger partial charge in [0, 0.05) is 12.1 Å². The Morgan fingerprint density at radius 2 is 2.15 bits per heavy atom. The first-order valence-electron chi connectivity index (χ1n) is 6.76. The van der Waals surface area contributed by atoms with E-state index in [9.17, 15) is 14.0 Å². The number of carboxylic acid groups (broad SMARTS) is 1. The number of hydrogen-bond acceptors (Lipinski definition) is 2. The molecular weight excluding hydrogens is 261 g/mol. The van der Waals surface area contributed by atoms with Crippen LogP contribution < -0.4 is 5.32 Å². The number of hydrogen-bond donors (Lipinski definition) is 2. The van der Waals surface area contributed by atoms with Crippen molar-refractivity contribution < 1.29 is 19.1 Å². The van der Waals surface area contributed by atoms with E-state index in [0.717, 1.165) is 12.8 Å². The molecule has 1 aromatic rings. The number of benzene rings is 1. The molecule has 1 saturated carbocycles. The molecule has 2 atom stereocenters. The lowest BCUT2D eigenvalue weighted by Crippen LogP contribution is -2.33. The number of carboxylic acids is 1. The largest absolute Gasteiger partial charge is 0.481 e. The summed E-state index contributed by atoms with van der Waals surface area (Å²) >= 11 is 0. The fourth-order valence-electron chi connectivity index (χ4n) is 2.67. The summed E-state index contributed by atoms with van der Waals surface area (Å²) in [6.07, 6.45) is 2.34. The molecule has 1 aliphatic carbocycles. The molecule has 0 spiro atoms. The van der Waals surface area contributed by atoms with Crippen LogP contribution in [0.4, 0.5) is 4.39 Å². The van der Waals surface area contributed by atoms with Gasteiger partial charge in [0.25, 0.3) is 5.91 Å².